The molecule has 1 heterocycles. The number of aliphatic hydroxyl groups excluding tert-OH is 1. The Morgan fingerprint density at radius 3 is 2.61 bits per heavy atom. The topological polar surface area (TPSA) is 78.0 Å². The molecule has 0 spiro atoms. The molecule has 1 aromatic heterocycles. The Bertz CT molecular complexity index is 891. The maximum Gasteiger partial charge on any atom is 0.260 e. The molecule has 0 aliphatic carbocycles. The summed E-state index contributed by atoms with van der Waals surface area (Å²) >= 11 is 11.8. The van der Waals surface area contributed by atoms with E-state index < -0.39 is 6.10 Å². The predicted molar refractivity (Wildman–Crippen MR) is 92.3 cm³/mol. The first-order valence-corrected chi connectivity index (χ1v) is 7.65. The molecular weight excluding hydrogens is 337 g/mol. The number of hydrogen-bond donors (Lipinski definition) is 3. The summed E-state index contributed by atoms with van der Waals surface area (Å²) in [6, 6.07) is 11.9. The normalized spacial score (nSPS) is 12.3. The average molecular weight is 350 g/mol. The van der Waals surface area contributed by atoms with E-state index in [-0.39, 0.29) is 12.1 Å². The van der Waals surface area contributed by atoms with Gasteiger partial charge in [0, 0.05) is 16.6 Å². The number of para-hydroxylation sites is 1. The highest BCUT2D eigenvalue weighted by Crippen LogP contribution is 2.23. The van der Waals surface area contributed by atoms with E-state index >= 15 is 0 Å². The van der Waals surface area contributed by atoms with Crippen LogP contribution in [-0.2, 0) is 0 Å². The van der Waals surface area contributed by atoms with E-state index in [9.17, 15) is 9.90 Å². The van der Waals surface area contributed by atoms with Crippen molar-refractivity contribution in [3.63, 3.8) is 0 Å². The molecule has 1 unspecified atom stereocenters. The SMILES string of the molecule is O=c1[nH]c(NCC(O)c2cc(Cl)cc(Cl)c2)nc2ccccc12. The van der Waals surface area contributed by atoms with Gasteiger partial charge in [0.2, 0.25) is 5.95 Å². The third-order valence-corrected chi connectivity index (χ3v) is 3.78. The lowest BCUT2D eigenvalue weighted by atomic mass is 10.1. The van der Waals surface area contributed by atoms with Gasteiger partial charge in [0.05, 0.1) is 17.0 Å². The Morgan fingerprint density at radius 2 is 1.87 bits per heavy atom. The minimum atomic E-state index is -0.844. The first kappa shape index (κ1) is 15.8. The van der Waals surface area contributed by atoms with Gasteiger partial charge in [-0.2, -0.15) is 0 Å². The molecule has 0 saturated heterocycles. The van der Waals surface area contributed by atoms with Gasteiger partial charge in [0.25, 0.3) is 5.56 Å². The lowest BCUT2D eigenvalue weighted by Gasteiger charge is -2.13. The van der Waals surface area contributed by atoms with Crippen LogP contribution in [0, 0.1) is 0 Å². The molecule has 23 heavy (non-hydrogen) atoms. The number of hydrogen-bond acceptors (Lipinski definition) is 4. The second-order valence-corrected chi connectivity index (χ2v) is 5.90. The number of nitrogens with zero attached hydrogens (tertiary/aromatic N) is 1. The van der Waals surface area contributed by atoms with Crippen LogP contribution in [0.15, 0.2) is 47.3 Å². The minimum absolute atomic E-state index is 0.151. The van der Waals surface area contributed by atoms with Crippen molar-refractivity contribution in [1.29, 1.82) is 0 Å². The summed E-state index contributed by atoms with van der Waals surface area (Å²) in [6.45, 7) is 0.151. The zero-order valence-corrected chi connectivity index (χ0v) is 13.4. The molecule has 3 aromatic rings. The lowest BCUT2D eigenvalue weighted by molar-refractivity contribution is 0.191. The first-order valence-electron chi connectivity index (χ1n) is 6.90. The Kier molecular flexibility index (Phi) is 4.52. The molecule has 0 aliphatic heterocycles. The zero-order valence-electron chi connectivity index (χ0n) is 11.9. The van der Waals surface area contributed by atoms with Gasteiger partial charge in [-0.25, -0.2) is 4.98 Å². The number of aromatic amines is 1. The van der Waals surface area contributed by atoms with Crippen LogP contribution >= 0.6 is 23.2 Å². The molecule has 0 aliphatic rings. The maximum atomic E-state index is 12.0. The molecule has 0 saturated carbocycles. The summed E-state index contributed by atoms with van der Waals surface area (Å²) in [6.07, 6.45) is -0.844. The number of rotatable bonds is 4. The van der Waals surface area contributed by atoms with Gasteiger partial charge in [-0.1, -0.05) is 35.3 Å². The first-order chi connectivity index (χ1) is 11.0. The molecule has 0 amide bonds. The van der Waals surface area contributed by atoms with Crippen molar-refractivity contribution < 1.29 is 5.11 Å². The number of benzene rings is 2. The van der Waals surface area contributed by atoms with Crippen LogP contribution in [0.25, 0.3) is 10.9 Å². The van der Waals surface area contributed by atoms with Crippen LogP contribution in [0.3, 0.4) is 0 Å². The number of aliphatic hydroxyl groups is 1. The van der Waals surface area contributed by atoms with Crippen molar-refractivity contribution in [3.05, 3.63) is 68.4 Å². The van der Waals surface area contributed by atoms with E-state index in [2.05, 4.69) is 15.3 Å². The van der Waals surface area contributed by atoms with Gasteiger partial charge >= 0.3 is 0 Å². The van der Waals surface area contributed by atoms with Gasteiger partial charge in [-0.3, -0.25) is 9.78 Å². The number of nitrogens with one attached hydrogen (secondary N) is 2. The van der Waals surface area contributed by atoms with E-state index in [4.69, 9.17) is 23.2 Å². The van der Waals surface area contributed by atoms with E-state index in [1.165, 1.54) is 0 Å². The summed E-state index contributed by atoms with van der Waals surface area (Å²) in [7, 11) is 0. The fraction of sp³-hybridized carbons (Fsp3) is 0.125. The minimum Gasteiger partial charge on any atom is -0.387 e. The molecule has 1 atom stereocenters. The van der Waals surface area contributed by atoms with Crippen LogP contribution < -0.4 is 10.9 Å². The largest absolute Gasteiger partial charge is 0.387 e. The van der Waals surface area contributed by atoms with E-state index in [0.29, 0.717) is 32.5 Å². The van der Waals surface area contributed by atoms with Gasteiger partial charge in [-0.05, 0) is 35.9 Å². The van der Waals surface area contributed by atoms with Crippen LogP contribution in [0.1, 0.15) is 11.7 Å². The van der Waals surface area contributed by atoms with Gasteiger partial charge in [0.15, 0.2) is 0 Å². The molecule has 2 aromatic carbocycles. The summed E-state index contributed by atoms with van der Waals surface area (Å²) < 4.78 is 0. The molecule has 7 heteroatoms. The van der Waals surface area contributed by atoms with Gasteiger partial charge in [0.1, 0.15) is 0 Å². The molecule has 118 valence electrons. The average Bonchev–Trinajstić information content (AvgIpc) is 2.52. The van der Waals surface area contributed by atoms with E-state index in [1.54, 1.807) is 42.5 Å². The highest BCUT2D eigenvalue weighted by molar-refractivity contribution is 6.34. The molecule has 3 rings (SSSR count). The number of halogens is 2. The van der Waals surface area contributed by atoms with Crippen molar-refractivity contribution in [2.24, 2.45) is 0 Å². The number of aromatic nitrogens is 2. The molecule has 3 N–H and O–H groups in total. The Morgan fingerprint density at radius 1 is 1.17 bits per heavy atom. The van der Waals surface area contributed by atoms with Crippen molar-refractivity contribution >= 4 is 40.1 Å². The quantitative estimate of drug-likeness (QED) is 0.674. The van der Waals surface area contributed by atoms with Crippen LogP contribution in [-0.4, -0.2) is 21.6 Å². The fourth-order valence-corrected chi connectivity index (χ4v) is 2.79. The standard InChI is InChI=1S/C16H13Cl2N3O2/c17-10-5-9(6-11(18)7-10)14(22)8-19-16-20-13-4-2-1-3-12(13)15(23)21-16/h1-7,14,22H,8H2,(H2,19,20,21,23). The zero-order chi connectivity index (χ0) is 16.4. The highest BCUT2D eigenvalue weighted by Gasteiger charge is 2.10. The highest BCUT2D eigenvalue weighted by atomic mass is 35.5. The summed E-state index contributed by atoms with van der Waals surface area (Å²) in [5, 5.41) is 14.5. The third-order valence-electron chi connectivity index (χ3n) is 3.35. The Hall–Kier alpha value is -2.08. The van der Waals surface area contributed by atoms with Crippen molar-refractivity contribution in [3.8, 4) is 0 Å². The van der Waals surface area contributed by atoms with Crippen LogP contribution in [0.2, 0.25) is 10.0 Å². The lowest BCUT2D eigenvalue weighted by Crippen LogP contribution is -2.17. The fourth-order valence-electron chi connectivity index (χ4n) is 2.25. The molecule has 0 radical (unpaired) electrons. The smallest absolute Gasteiger partial charge is 0.260 e. The van der Waals surface area contributed by atoms with Crippen molar-refractivity contribution in [1.82, 2.24) is 9.97 Å². The predicted octanol–water partition coefficient (Wildman–Crippen LogP) is 3.38. The van der Waals surface area contributed by atoms with Crippen LogP contribution in [0.4, 0.5) is 5.95 Å². The summed E-state index contributed by atoms with van der Waals surface area (Å²) in [5.74, 6) is 0.292. The van der Waals surface area contributed by atoms with Crippen molar-refractivity contribution in [2.45, 2.75) is 6.10 Å². The summed E-state index contributed by atoms with van der Waals surface area (Å²) in [4.78, 5) is 18.9. The van der Waals surface area contributed by atoms with E-state index in [1.807, 2.05) is 0 Å². The van der Waals surface area contributed by atoms with Crippen molar-refractivity contribution in [2.75, 3.05) is 11.9 Å². The molecule has 5 nitrogen and oxygen atoms in total. The third kappa shape index (κ3) is 3.64. The molecule has 0 bridgehead atoms. The van der Waals surface area contributed by atoms with Gasteiger partial charge in [-0.15, -0.1) is 0 Å². The Balaban J connectivity index is 1.79. The van der Waals surface area contributed by atoms with Gasteiger partial charge < -0.3 is 10.4 Å². The summed E-state index contributed by atoms with van der Waals surface area (Å²) in [5.41, 5.74) is 0.926. The molecular formula is C16H13Cl2N3O2. The molecule has 0 fully saturated rings. The Labute approximate surface area is 141 Å². The number of fused-ring (bicyclic) bond motifs is 1. The monoisotopic (exact) mass is 349 g/mol. The van der Waals surface area contributed by atoms with E-state index in [0.717, 1.165) is 0 Å². The number of anilines is 1. The van der Waals surface area contributed by atoms with Crippen LogP contribution in [0.5, 0.6) is 0 Å². The number of H-pyrrole nitrogens is 1. The maximum absolute atomic E-state index is 12.0. The second-order valence-electron chi connectivity index (χ2n) is 5.03. The second kappa shape index (κ2) is 6.58.